The van der Waals surface area contributed by atoms with E-state index in [4.69, 9.17) is 5.73 Å². The summed E-state index contributed by atoms with van der Waals surface area (Å²) < 4.78 is 27.2. The Labute approximate surface area is 130 Å². The molecule has 0 saturated heterocycles. The van der Waals surface area contributed by atoms with Gasteiger partial charge in [0.25, 0.3) is 0 Å². The highest BCUT2D eigenvalue weighted by atomic mass is 32.2. The molecule has 7 heteroatoms. The van der Waals surface area contributed by atoms with Crippen LogP contribution >= 0.6 is 0 Å². The standard InChI is InChI=1S/C15H22N2O4S/c1-3-10(2)11-4-6-13(7-5-11)22(20,21)17-15(14(16)19)8-12(18)9-15/h4-7,10,12,17-18H,3,8-9H2,1-2H3,(H2,16,19). The molecule has 1 saturated carbocycles. The number of aliphatic hydroxyl groups excluding tert-OH is 1. The van der Waals surface area contributed by atoms with E-state index < -0.39 is 27.6 Å². The van der Waals surface area contributed by atoms with Crippen LogP contribution in [0.25, 0.3) is 0 Å². The van der Waals surface area contributed by atoms with Crippen LogP contribution < -0.4 is 10.5 Å². The van der Waals surface area contributed by atoms with Gasteiger partial charge >= 0.3 is 0 Å². The molecule has 1 amide bonds. The Hall–Kier alpha value is -1.44. The van der Waals surface area contributed by atoms with Gasteiger partial charge in [-0.15, -0.1) is 0 Å². The van der Waals surface area contributed by atoms with E-state index in [1.165, 1.54) is 12.1 Å². The summed E-state index contributed by atoms with van der Waals surface area (Å²) in [7, 11) is -3.86. The maximum absolute atomic E-state index is 12.4. The normalized spacial score (nSPS) is 26.2. The third kappa shape index (κ3) is 3.16. The van der Waals surface area contributed by atoms with Crippen molar-refractivity contribution in [2.45, 2.75) is 55.6 Å². The maximum Gasteiger partial charge on any atom is 0.241 e. The highest BCUT2D eigenvalue weighted by Gasteiger charge is 2.51. The van der Waals surface area contributed by atoms with Gasteiger partial charge in [-0.25, -0.2) is 8.42 Å². The smallest absolute Gasteiger partial charge is 0.241 e. The largest absolute Gasteiger partial charge is 0.393 e. The molecule has 0 spiro atoms. The quantitative estimate of drug-likeness (QED) is 0.720. The van der Waals surface area contributed by atoms with Crippen LogP contribution in [0.1, 0.15) is 44.6 Å². The van der Waals surface area contributed by atoms with E-state index in [0.717, 1.165) is 12.0 Å². The lowest BCUT2D eigenvalue weighted by molar-refractivity contribution is -0.131. The Morgan fingerprint density at radius 2 is 1.95 bits per heavy atom. The van der Waals surface area contributed by atoms with E-state index in [-0.39, 0.29) is 17.7 Å². The number of nitrogens with two attached hydrogens (primary N) is 1. The van der Waals surface area contributed by atoms with E-state index in [2.05, 4.69) is 18.6 Å². The van der Waals surface area contributed by atoms with Gasteiger partial charge in [0.2, 0.25) is 15.9 Å². The molecule has 1 unspecified atom stereocenters. The molecule has 0 aliphatic heterocycles. The summed E-state index contributed by atoms with van der Waals surface area (Å²) in [6.07, 6.45) is 0.273. The average Bonchev–Trinajstić information content (AvgIpc) is 2.44. The second-order valence-corrected chi connectivity index (χ2v) is 7.67. The van der Waals surface area contributed by atoms with Crippen LogP contribution in [0.2, 0.25) is 0 Å². The summed E-state index contributed by atoms with van der Waals surface area (Å²) in [5, 5.41) is 9.38. The van der Waals surface area contributed by atoms with Gasteiger partial charge in [0.15, 0.2) is 0 Å². The number of hydrogen-bond donors (Lipinski definition) is 3. The lowest BCUT2D eigenvalue weighted by Crippen LogP contribution is -2.66. The first kappa shape index (κ1) is 16.9. The Kier molecular flexibility index (Phi) is 4.60. The highest BCUT2D eigenvalue weighted by molar-refractivity contribution is 7.89. The third-order valence-corrected chi connectivity index (χ3v) is 5.89. The van der Waals surface area contributed by atoms with Crippen molar-refractivity contribution < 1.29 is 18.3 Å². The molecule has 1 fully saturated rings. The van der Waals surface area contributed by atoms with Gasteiger partial charge in [0.05, 0.1) is 11.0 Å². The Morgan fingerprint density at radius 3 is 2.36 bits per heavy atom. The first-order valence-electron chi connectivity index (χ1n) is 7.32. The summed E-state index contributed by atoms with van der Waals surface area (Å²) in [4.78, 5) is 11.6. The minimum absolute atomic E-state index is 0.00646. The zero-order chi connectivity index (χ0) is 16.5. The number of primary amides is 1. The van der Waals surface area contributed by atoms with Crippen LogP contribution in [0.3, 0.4) is 0 Å². The van der Waals surface area contributed by atoms with Crippen LogP contribution in [0.4, 0.5) is 0 Å². The van der Waals surface area contributed by atoms with E-state index in [1.54, 1.807) is 12.1 Å². The van der Waals surface area contributed by atoms with E-state index in [0.29, 0.717) is 5.92 Å². The van der Waals surface area contributed by atoms with Crippen molar-refractivity contribution in [1.29, 1.82) is 0 Å². The zero-order valence-corrected chi connectivity index (χ0v) is 13.6. The van der Waals surface area contributed by atoms with Gasteiger partial charge in [-0.3, -0.25) is 4.79 Å². The van der Waals surface area contributed by atoms with Gasteiger partial charge < -0.3 is 10.8 Å². The number of aliphatic hydroxyl groups is 1. The maximum atomic E-state index is 12.4. The molecule has 1 aromatic carbocycles. The first-order valence-corrected chi connectivity index (χ1v) is 8.80. The van der Waals surface area contributed by atoms with Gasteiger partial charge in [-0.2, -0.15) is 4.72 Å². The van der Waals surface area contributed by atoms with Gasteiger partial charge in [-0.05, 0) is 30.0 Å². The second-order valence-electron chi connectivity index (χ2n) is 5.99. The molecule has 0 aromatic heterocycles. The summed E-state index contributed by atoms with van der Waals surface area (Å²) >= 11 is 0. The Morgan fingerprint density at radius 1 is 1.41 bits per heavy atom. The molecule has 0 heterocycles. The molecule has 1 atom stereocenters. The summed E-state index contributed by atoms with van der Waals surface area (Å²) in [6.45, 7) is 4.13. The van der Waals surface area contributed by atoms with Crippen LogP contribution in [-0.4, -0.2) is 31.1 Å². The lowest BCUT2D eigenvalue weighted by Gasteiger charge is -2.42. The zero-order valence-electron chi connectivity index (χ0n) is 12.7. The summed E-state index contributed by atoms with van der Waals surface area (Å²) in [6, 6.07) is 6.59. The number of benzene rings is 1. The van der Waals surface area contributed by atoms with Gasteiger partial charge in [-0.1, -0.05) is 26.0 Å². The lowest BCUT2D eigenvalue weighted by atomic mass is 9.75. The van der Waals surface area contributed by atoms with Crippen molar-refractivity contribution in [3.8, 4) is 0 Å². The Bertz CT molecular complexity index is 649. The van der Waals surface area contributed by atoms with Crippen molar-refractivity contribution in [1.82, 2.24) is 4.72 Å². The van der Waals surface area contributed by atoms with Crippen molar-refractivity contribution in [2.75, 3.05) is 0 Å². The minimum Gasteiger partial charge on any atom is -0.393 e. The fourth-order valence-electron chi connectivity index (χ4n) is 2.61. The van der Waals surface area contributed by atoms with Crippen LogP contribution in [-0.2, 0) is 14.8 Å². The number of sulfonamides is 1. The highest BCUT2D eigenvalue weighted by Crippen LogP contribution is 2.33. The predicted molar refractivity (Wildman–Crippen MR) is 82.6 cm³/mol. The molecule has 4 N–H and O–H groups in total. The number of carbonyl (C=O) groups is 1. The predicted octanol–water partition coefficient (Wildman–Crippen LogP) is 0.857. The number of carbonyl (C=O) groups excluding carboxylic acids is 1. The SMILES string of the molecule is CCC(C)c1ccc(S(=O)(=O)NC2(C(N)=O)CC(O)C2)cc1. The monoisotopic (exact) mass is 326 g/mol. The number of rotatable bonds is 6. The molecule has 2 rings (SSSR count). The van der Waals surface area contributed by atoms with Crippen molar-refractivity contribution in [3.63, 3.8) is 0 Å². The number of hydrogen-bond acceptors (Lipinski definition) is 4. The minimum atomic E-state index is -3.86. The van der Waals surface area contributed by atoms with Crippen LogP contribution in [0.5, 0.6) is 0 Å². The first-order chi connectivity index (χ1) is 10.2. The molecule has 6 nitrogen and oxygen atoms in total. The molecule has 1 aliphatic rings. The summed E-state index contributed by atoms with van der Waals surface area (Å²) in [5.41, 5.74) is 4.96. The topological polar surface area (TPSA) is 109 Å². The van der Waals surface area contributed by atoms with E-state index >= 15 is 0 Å². The fourth-order valence-corrected chi connectivity index (χ4v) is 4.00. The second kappa shape index (κ2) is 5.98. The fraction of sp³-hybridized carbons (Fsp3) is 0.533. The number of amides is 1. The third-order valence-electron chi connectivity index (χ3n) is 4.34. The molecule has 0 radical (unpaired) electrons. The molecular formula is C15H22N2O4S. The van der Waals surface area contributed by atoms with Gasteiger partial charge in [0, 0.05) is 12.8 Å². The summed E-state index contributed by atoms with van der Waals surface area (Å²) in [5.74, 6) is -0.416. The van der Waals surface area contributed by atoms with Crippen molar-refractivity contribution in [2.24, 2.45) is 5.73 Å². The van der Waals surface area contributed by atoms with Gasteiger partial charge in [0.1, 0.15) is 5.54 Å². The molecular weight excluding hydrogens is 304 g/mol. The molecule has 1 aromatic rings. The molecule has 1 aliphatic carbocycles. The van der Waals surface area contributed by atoms with Crippen molar-refractivity contribution in [3.05, 3.63) is 29.8 Å². The van der Waals surface area contributed by atoms with Crippen LogP contribution in [0.15, 0.2) is 29.2 Å². The number of nitrogens with one attached hydrogen (secondary N) is 1. The van der Waals surface area contributed by atoms with E-state index in [9.17, 15) is 18.3 Å². The van der Waals surface area contributed by atoms with Crippen molar-refractivity contribution >= 4 is 15.9 Å². The molecule has 22 heavy (non-hydrogen) atoms. The Balaban J connectivity index is 2.22. The van der Waals surface area contributed by atoms with E-state index in [1.807, 2.05) is 0 Å². The van der Waals surface area contributed by atoms with Crippen LogP contribution in [0, 0.1) is 0 Å². The molecule has 122 valence electrons. The molecule has 0 bridgehead atoms. The average molecular weight is 326 g/mol.